The number of nitrogens with zero attached hydrogens (tertiary/aromatic N) is 3. The van der Waals surface area contributed by atoms with Gasteiger partial charge in [0.25, 0.3) is 15.8 Å². The lowest BCUT2D eigenvalue weighted by atomic mass is 10.1. The zero-order chi connectivity index (χ0) is 23.6. The van der Waals surface area contributed by atoms with Crippen LogP contribution in [-0.2, 0) is 14.9 Å². The van der Waals surface area contributed by atoms with Crippen LogP contribution < -0.4 is 5.32 Å². The van der Waals surface area contributed by atoms with Crippen LogP contribution in [0, 0.1) is 10.1 Å². The number of non-ortho nitro benzene ring substituents is 1. The topological polar surface area (TPSA) is 192 Å². The molecule has 0 saturated heterocycles. The molecule has 0 heterocycles. The van der Waals surface area contributed by atoms with Crippen LogP contribution in [0.25, 0.3) is 10.8 Å². The number of anilines is 1. The fourth-order valence-corrected chi connectivity index (χ4v) is 3.37. The van der Waals surface area contributed by atoms with Crippen LogP contribution in [0.15, 0.2) is 70.2 Å². The second kappa shape index (κ2) is 8.41. The molecule has 13 heteroatoms. The Balaban J connectivity index is 2.21. The first-order valence-corrected chi connectivity index (χ1v) is 10.0. The monoisotopic (exact) mass is 458 g/mol. The number of rotatable bonds is 6. The minimum absolute atomic E-state index is 0.0523. The Hall–Kier alpha value is -4.36. The second-order valence-electron chi connectivity index (χ2n) is 6.31. The molecular weight excluding hydrogens is 444 g/mol. The predicted molar refractivity (Wildman–Crippen MR) is 113 cm³/mol. The van der Waals surface area contributed by atoms with E-state index in [2.05, 4.69) is 22.1 Å². The quantitative estimate of drug-likeness (QED) is 0.140. The zero-order valence-electron chi connectivity index (χ0n) is 16.0. The van der Waals surface area contributed by atoms with Gasteiger partial charge in [0.05, 0.1) is 4.92 Å². The van der Waals surface area contributed by atoms with E-state index in [0.29, 0.717) is 0 Å². The van der Waals surface area contributed by atoms with E-state index in [0.717, 1.165) is 30.3 Å². The zero-order valence-corrected chi connectivity index (χ0v) is 16.8. The molecule has 3 aromatic rings. The molecule has 1 amide bonds. The van der Waals surface area contributed by atoms with Gasteiger partial charge in [-0.1, -0.05) is 12.6 Å². The van der Waals surface area contributed by atoms with Gasteiger partial charge in [0.15, 0.2) is 5.75 Å². The van der Waals surface area contributed by atoms with Crippen molar-refractivity contribution in [3.63, 3.8) is 0 Å². The van der Waals surface area contributed by atoms with E-state index >= 15 is 0 Å². The average molecular weight is 458 g/mol. The summed E-state index contributed by atoms with van der Waals surface area (Å²) in [4.78, 5) is 20.9. The number of fused-ring (bicyclic) bond motifs is 1. The van der Waals surface area contributed by atoms with Gasteiger partial charge in [-0.05, 0) is 35.7 Å². The summed E-state index contributed by atoms with van der Waals surface area (Å²) in [7, 11) is -4.88. The lowest BCUT2D eigenvalue weighted by Crippen LogP contribution is -2.07. The highest BCUT2D eigenvalue weighted by Gasteiger charge is 2.22. The normalized spacial score (nSPS) is 11.5. The molecule has 0 aliphatic heterocycles. The number of carbonyl (C=O) groups is 1. The number of aromatic hydroxyl groups is 2. The number of phenols is 2. The third-order valence-corrected chi connectivity index (χ3v) is 5.08. The largest absolute Gasteiger partial charge is 0.506 e. The smallest absolute Gasteiger partial charge is 0.296 e. The number of phenolic OH excluding ortho intramolecular Hbond substituents is 2. The van der Waals surface area contributed by atoms with E-state index in [1.807, 2.05) is 0 Å². The molecule has 12 nitrogen and oxygen atoms in total. The number of hydrogen-bond acceptors (Lipinski definition) is 9. The third kappa shape index (κ3) is 4.53. The summed E-state index contributed by atoms with van der Waals surface area (Å²) in [6.45, 7) is 3.32. The SMILES string of the molecule is C=CC(=O)Nc1ccc2cc(S(=O)(=O)O)c(N=Nc3cc([N+](=O)[O-])ccc3O)c(O)c2c1. The highest BCUT2D eigenvalue weighted by molar-refractivity contribution is 7.86. The van der Waals surface area contributed by atoms with Crippen LogP contribution in [0.2, 0.25) is 0 Å². The van der Waals surface area contributed by atoms with E-state index in [1.165, 1.54) is 18.2 Å². The van der Waals surface area contributed by atoms with Crippen molar-refractivity contribution in [2.75, 3.05) is 5.32 Å². The van der Waals surface area contributed by atoms with E-state index in [4.69, 9.17) is 0 Å². The first kappa shape index (κ1) is 22.3. The maximum Gasteiger partial charge on any atom is 0.296 e. The number of azo groups is 1. The Kier molecular flexibility index (Phi) is 5.87. The van der Waals surface area contributed by atoms with Gasteiger partial charge in [0, 0.05) is 23.2 Å². The summed E-state index contributed by atoms with van der Waals surface area (Å²) in [6.07, 6.45) is 1.02. The first-order chi connectivity index (χ1) is 15.0. The molecule has 164 valence electrons. The summed E-state index contributed by atoms with van der Waals surface area (Å²) in [6, 6.07) is 8.05. The van der Waals surface area contributed by atoms with Crippen LogP contribution in [0.4, 0.5) is 22.7 Å². The molecule has 32 heavy (non-hydrogen) atoms. The van der Waals surface area contributed by atoms with E-state index in [-0.39, 0.29) is 22.1 Å². The van der Waals surface area contributed by atoms with Crippen molar-refractivity contribution in [1.82, 2.24) is 0 Å². The second-order valence-corrected chi connectivity index (χ2v) is 7.70. The molecule has 3 aromatic carbocycles. The van der Waals surface area contributed by atoms with Crippen LogP contribution in [0.5, 0.6) is 11.5 Å². The fourth-order valence-electron chi connectivity index (χ4n) is 2.71. The molecule has 0 unspecified atom stereocenters. The van der Waals surface area contributed by atoms with E-state index < -0.39 is 48.7 Å². The van der Waals surface area contributed by atoms with Crippen LogP contribution in [0.1, 0.15) is 0 Å². The maximum atomic E-state index is 11.9. The van der Waals surface area contributed by atoms with Gasteiger partial charge in [-0.2, -0.15) is 8.42 Å². The van der Waals surface area contributed by atoms with Gasteiger partial charge in [0.1, 0.15) is 22.0 Å². The van der Waals surface area contributed by atoms with Gasteiger partial charge in [-0.25, -0.2) is 0 Å². The summed E-state index contributed by atoms with van der Waals surface area (Å²) in [5.74, 6) is -1.74. The fraction of sp³-hybridized carbons (Fsp3) is 0. The Morgan fingerprint density at radius 1 is 1.12 bits per heavy atom. The Labute approximate surface area is 180 Å². The lowest BCUT2D eigenvalue weighted by molar-refractivity contribution is -0.384. The van der Waals surface area contributed by atoms with Crippen molar-refractivity contribution in [2.24, 2.45) is 10.2 Å². The van der Waals surface area contributed by atoms with Gasteiger partial charge in [-0.15, -0.1) is 10.2 Å². The number of nitrogens with one attached hydrogen (secondary N) is 1. The number of amides is 1. The molecular formula is C19H14N4O8S. The molecule has 0 radical (unpaired) electrons. The molecule has 0 aromatic heterocycles. The molecule has 0 spiro atoms. The standard InChI is InChI=1S/C19H14N4O8S/c1-2-17(25)20-11-4-3-10-7-16(32(29,30)31)18(19(26)13(10)8-11)22-21-14-9-12(23(27)28)5-6-15(14)24/h2-9,24,26H,1H2,(H,20,25)(H,29,30,31). The minimum Gasteiger partial charge on any atom is -0.506 e. The van der Waals surface area contributed by atoms with Crippen molar-refractivity contribution in [1.29, 1.82) is 0 Å². The number of benzene rings is 3. The van der Waals surface area contributed by atoms with Gasteiger partial charge < -0.3 is 15.5 Å². The van der Waals surface area contributed by atoms with Crippen molar-refractivity contribution in [3.05, 3.63) is 65.2 Å². The number of nitro groups is 1. The summed E-state index contributed by atoms with van der Waals surface area (Å²) in [5, 5.41) is 41.4. The summed E-state index contributed by atoms with van der Waals surface area (Å²) >= 11 is 0. The lowest BCUT2D eigenvalue weighted by Gasteiger charge is -2.10. The predicted octanol–water partition coefficient (Wildman–Crippen LogP) is 3.95. The van der Waals surface area contributed by atoms with Crippen molar-refractivity contribution in [3.8, 4) is 11.5 Å². The number of nitro benzene ring substituents is 1. The Morgan fingerprint density at radius 3 is 2.47 bits per heavy atom. The maximum absolute atomic E-state index is 11.9. The molecule has 3 rings (SSSR count). The van der Waals surface area contributed by atoms with Gasteiger partial charge in [-0.3, -0.25) is 19.5 Å². The molecule has 0 saturated carbocycles. The Morgan fingerprint density at radius 2 is 1.84 bits per heavy atom. The van der Waals surface area contributed by atoms with Crippen LogP contribution in [0.3, 0.4) is 0 Å². The molecule has 0 aliphatic carbocycles. The number of hydrogen-bond donors (Lipinski definition) is 4. The number of carbonyl (C=O) groups excluding carboxylic acids is 1. The van der Waals surface area contributed by atoms with Crippen molar-refractivity contribution >= 4 is 49.5 Å². The summed E-state index contributed by atoms with van der Waals surface area (Å²) in [5.41, 5.74) is -1.24. The van der Waals surface area contributed by atoms with Crippen LogP contribution in [-0.4, -0.2) is 34.0 Å². The first-order valence-electron chi connectivity index (χ1n) is 8.61. The van der Waals surface area contributed by atoms with E-state index in [1.54, 1.807) is 0 Å². The molecule has 0 aliphatic rings. The third-order valence-electron chi connectivity index (χ3n) is 4.21. The van der Waals surface area contributed by atoms with Crippen molar-refractivity contribution < 1.29 is 32.9 Å². The highest BCUT2D eigenvalue weighted by atomic mass is 32.2. The Bertz CT molecular complexity index is 1420. The van der Waals surface area contributed by atoms with Crippen LogP contribution >= 0.6 is 0 Å². The van der Waals surface area contributed by atoms with Crippen molar-refractivity contribution in [2.45, 2.75) is 4.90 Å². The molecule has 4 N–H and O–H groups in total. The molecule has 0 fully saturated rings. The van der Waals surface area contributed by atoms with Gasteiger partial charge in [0.2, 0.25) is 5.91 Å². The van der Waals surface area contributed by atoms with Gasteiger partial charge >= 0.3 is 0 Å². The molecule has 0 bridgehead atoms. The highest BCUT2D eigenvalue weighted by Crippen LogP contribution is 2.43. The summed E-state index contributed by atoms with van der Waals surface area (Å²) < 4.78 is 33.3. The average Bonchev–Trinajstić information content (AvgIpc) is 2.73. The van der Waals surface area contributed by atoms with E-state index in [9.17, 15) is 38.1 Å². The molecule has 0 atom stereocenters. The minimum atomic E-state index is -4.88.